The Balaban J connectivity index is 1.70. The highest BCUT2D eigenvalue weighted by atomic mass is 35.5. The Hall–Kier alpha value is -3.12. The number of nitrogens with zero attached hydrogens (tertiary/aromatic N) is 4. The van der Waals surface area contributed by atoms with E-state index in [1.54, 1.807) is 18.5 Å². The normalized spacial score (nSPS) is 14.8. The van der Waals surface area contributed by atoms with E-state index in [1.807, 2.05) is 16.7 Å². The van der Waals surface area contributed by atoms with Gasteiger partial charge >= 0.3 is 5.69 Å². The zero-order chi connectivity index (χ0) is 24.0. The van der Waals surface area contributed by atoms with Gasteiger partial charge in [0.05, 0.1) is 17.0 Å². The SMILES string of the molecule is CC(C)(C)c1ccc(Cn2cnc3c2c(=O)n(C2CCCC2)c(=O)n3-c2ccccc2Cl)cc1. The maximum absolute atomic E-state index is 13.7. The van der Waals surface area contributed by atoms with Crippen molar-refractivity contribution in [3.8, 4) is 5.69 Å². The third-order valence-corrected chi connectivity index (χ3v) is 7.12. The lowest BCUT2D eigenvalue weighted by Crippen LogP contribution is -2.42. The van der Waals surface area contributed by atoms with E-state index >= 15 is 0 Å². The number of aromatic nitrogens is 4. The third-order valence-electron chi connectivity index (χ3n) is 6.81. The highest BCUT2D eigenvalue weighted by Crippen LogP contribution is 2.29. The molecule has 4 aromatic rings. The van der Waals surface area contributed by atoms with Gasteiger partial charge in [-0.3, -0.25) is 9.36 Å². The Morgan fingerprint density at radius 3 is 2.32 bits per heavy atom. The van der Waals surface area contributed by atoms with Crippen LogP contribution in [0.4, 0.5) is 0 Å². The Morgan fingerprint density at radius 2 is 1.68 bits per heavy atom. The van der Waals surface area contributed by atoms with Crippen LogP contribution in [0.5, 0.6) is 0 Å². The van der Waals surface area contributed by atoms with Crippen LogP contribution in [0.25, 0.3) is 16.9 Å². The van der Waals surface area contributed by atoms with Crippen LogP contribution < -0.4 is 11.2 Å². The quantitative estimate of drug-likeness (QED) is 0.392. The Kier molecular flexibility index (Phi) is 5.72. The van der Waals surface area contributed by atoms with Crippen LogP contribution in [-0.2, 0) is 12.0 Å². The summed E-state index contributed by atoms with van der Waals surface area (Å²) in [4.78, 5) is 31.9. The van der Waals surface area contributed by atoms with E-state index in [0.717, 1.165) is 31.2 Å². The van der Waals surface area contributed by atoms with Crippen LogP contribution in [0.15, 0.2) is 64.4 Å². The Labute approximate surface area is 203 Å². The van der Waals surface area contributed by atoms with Crippen LogP contribution in [0, 0.1) is 0 Å². The van der Waals surface area contributed by atoms with Crippen molar-refractivity contribution in [1.29, 1.82) is 0 Å². The lowest BCUT2D eigenvalue weighted by atomic mass is 9.87. The van der Waals surface area contributed by atoms with Gasteiger partial charge in [0.1, 0.15) is 0 Å². The first-order valence-electron chi connectivity index (χ1n) is 11.8. The maximum Gasteiger partial charge on any atom is 0.337 e. The van der Waals surface area contributed by atoms with E-state index in [4.69, 9.17) is 11.6 Å². The summed E-state index contributed by atoms with van der Waals surface area (Å²) >= 11 is 6.49. The van der Waals surface area contributed by atoms with Crippen molar-refractivity contribution in [1.82, 2.24) is 18.7 Å². The molecule has 1 aliphatic rings. The number of hydrogen-bond acceptors (Lipinski definition) is 3. The van der Waals surface area contributed by atoms with Gasteiger partial charge in [0.25, 0.3) is 5.56 Å². The molecule has 2 aromatic heterocycles. The van der Waals surface area contributed by atoms with Crippen LogP contribution in [0.3, 0.4) is 0 Å². The summed E-state index contributed by atoms with van der Waals surface area (Å²) in [5.74, 6) is 0. The van der Waals surface area contributed by atoms with Crippen molar-refractivity contribution in [2.75, 3.05) is 0 Å². The minimum atomic E-state index is -0.378. The topological polar surface area (TPSA) is 61.8 Å². The predicted molar refractivity (Wildman–Crippen MR) is 136 cm³/mol. The van der Waals surface area contributed by atoms with E-state index in [0.29, 0.717) is 28.4 Å². The van der Waals surface area contributed by atoms with Gasteiger partial charge in [0, 0.05) is 12.6 Å². The number of para-hydroxylation sites is 1. The van der Waals surface area contributed by atoms with Crippen LogP contribution in [-0.4, -0.2) is 18.7 Å². The molecule has 0 unspecified atom stereocenters. The van der Waals surface area contributed by atoms with E-state index in [1.165, 1.54) is 14.7 Å². The number of rotatable bonds is 4. The molecule has 0 bridgehead atoms. The van der Waals surface area contributed by atoms with Crippen molar-refractivity contribution in [2.45, 2.75) is 64.5 Å². The lowest BCUT2D eigenvalue weighted by molar-refractivity contribution is 0.474. The molecule has 2 aromatic carbocycles. The molecule has 0 spiro atoms. The van der Waals surface area contributed by atoms with Gasteiger partial charge < -0.3 is 4.57 Å². The average Bonchev–Trinajstić information content (AvgIpc) is 3.46. The van der Waals surface area contributed by atoms with E-state index < -0.39 is 0 Å². The fourth-order valence-electron chi connectivity index (χ4n) is 4.91. The molecule has 5 rings (SSSR count). The molecule has 0 N–H and O–H groups in total. The Bertz CT molecular complexity index is 1470. The minimum absolute atomic E-state index is 0.0697. The highest BCUT2D eigenvalue weighted by molar-refractivity contribution is 6.32. The number of fused-ring (bicyclic) bond motifs is 1. The molecule has 1 aliphatic carbocycles. The number of halogens is 1. The van der Waals surface area contributed by atoms with Crippen molar-refractivity contribution >= 4 is 22.8 Å². The van der Waals surface area contributed by atoms with E-state index in [9.17, 15) is 9.59 Å². The van der Waals surface area contributed by atoms with Gasteiger partial charge in [-0.1, -0.05) is 81.6 Å². The first kappa shape index (κ1) is 22.7. The standard InChI is InChI=1S/C27H29ClN4O2/c1-27(2,3)19-14-12-18(13-15-19)16-30-17-29-24-23(30)25(33)31(20-8-4-5-9-20)26(34)32(24)22-11-7-6-10-21(22)28/h6-7,10-15,17,20H,4-5,8-9,16H2,1-3H3. The second kappa shape index (κ2) is 8.58. The van der Waals surface area contributed by atoms with Crippen LogP contribution >= 0.6 is 11.6 Å². The largest absolute Gasteiger partial charge is 0.337 e. The third kappa shape index (κ3) is 3.90. The summed E-state index contributed by atoms with van der Waals surface area (Å²) in [6, 6.07) is 15.5. The second-order valence-electron chi connectivity index (χ2n) is 10.2. The smallest absolute Gasteiger partial charge is 0.320 e. The number of benzene rings is 2. The molecule has 7 heteroatoms. The Morgan fingerprint density at radius 1 is 1.00 bits per heavy atom. The lowest BCUT2D eigenvalue weighted by Gasteiger charge is -2.19. The number of hydrogen-bond donors (Lipinski definition) is 0. The molecular weight excluding hydrogens is 448 g/mol. The molecule has 1 saturated carbocycles. The summed E-state index contributed by atoms with van der Waals surface area (Å²) in [5.41, 5.74) is 3.02. The van der Waals surface area contributed by atoms with Gasteiger partial charge in [-0.05, 0) is 41.5 Å². The van der Waals surface area contributed by atoms with Crippen LogP contribution in [0.1, 0.15) is 63.6 Å². The second-order valence-corrected chi connectivity index (χ2v) is 10.6. The summed E-state index contributed by atoms with van der Waals surface area (Å²) in [6.45, 7) is 7.04. The van der Waals surface area contributed by atoms with E-state index in [-0.39, 0.29) is 22.7 Å². The minimum Gasteiger partial charge on any atom is -0.320 e. The first-order valence-corrected chi connectivity index (χ1v) is 12.2. The van der Waals surface area contributed by atoms with Gasteiger partial charge in [0.15, 0.2) is 11.2 Å². The fraction of sp³-hybridized carbons (Fsp3) is 0.370. The molecule has 0 saturated heterocycles. The average molecular weight is 477 g/mol. The fourth-order valence-corrected chi connectivity index (χ4v) is 5.13. The van der Waals surface area contributed by atoms with Gasteiger partial charge in [0.2, 0.25) is 0 Å². The molecule has 34 heavy (non-hydrogen) atoms. The van der Waals surface area contributed by atoms with Gasteiger partial charge in [-0.25, -0.2) is 14.3 Å². The van der Waals surface area contributed by atoms with Crippen molar-refractivity contribution in [3.05, 3.63) is 91.8 Å². The molecule has 0 radical (unpaired) electrons. The highest BCUT2D eigenvalue weighted by Gasteiger charge is 2.26. The van der Waals surface area contributed by atoms with Crippen molar-refractivity contribution < 1.29 is 0 Å². The predicted octanol–water partition coefficient (Wildman–Crippen LogP) is 5.46. The van der Waals surface area contributed by atoms with Crippen LogP contribution in [0.2, 0.25) is 5.02 Å². The molecule has 2 heterocycles. The summed E-state index contributed by atoms with van der Waals surface area (Å²) in [6.07, 6.45) is 5.33. The van der Waals surface area contributed by atoms with Gasteiger partial charge in [-0.15, -0.1) is 0 Å². The first-order chi connectivity index (χ1) is 16.3. The summed E-state index contributed by atoms with van der Waals surface area (Å²) in [5, 5.41) is 0.440. The molecule has 6 nitrogen and oxygen atoms in total. The number of imidazole rings is 1. The van der Waals surface area contributed by atoms with Crippen molar-refractivity contribution in [2.24, 2.45) is 0 Å². The molecular formula is C27H29ClN4O2. The van der Waals surface area contributed by atoms with Gasteiger partial charge in [-0.2, -0.15) is 0 Å². The van der Waals surface area contributed by atoms with E-state index in [2.05, 4.69) is 50.0 Å². The molecule has 0 amide bonds. The summed E-state index contributed by atoms with van der Waals surface area (Å²) < 4.78 is 4.78. The molecule has 0 atom stereocenters. The monoisotopic (exact) mass is 476 g/mol. The summed E-state index contributed by atoms with van der Waals surface area (Å²) in [7, 11) is 0. The van der Waals surface area contributed by atoms with Crippen molar-refractivity contribution in [3.63, 3.8) is 0 Å². The molecule has 176 valence electrons. The molecule has 0 aliphatic heterocycles. The zero-order valence-electron chi connectivity index (χ0n) is 19.8. The molecule has 1 fully saturated rings. The zero-order valence-corrected chi connectivity index (χ0v) is 20.5. The maximum atomic E-state index is 13.7.